The third-order valence-electron chi connectivity index (χ3n) is 7.26. The quantitative estimate of drug-likeness (QED) is 0.544. The van der Waals surface area contributed by atoms with Crippen molar-refractivity contribution in [2.24, 2.45) is 5.16 Å². The highest BCUT2D eigenvalue weighted by Crippen LogP contribution is 2.33. The van der Waals surface area contributed by atoms with Crippen molar-refractivity contribution in [1.82, 2.24) is 14.8 Å². The fourth-order valence-corrected chi connectivity index (χ4v) is 5.18. The molecule has 2 aromatic carbocycles. The number of carbonyl (C=O) groups excluding carboxylic acids is 2. The SMILES string of the molecule is CON=C1C[C@@H](C(=O)N2CCC(O)(c3ccccc3)CC2)N(C(=O)c2ccc(-c3cccnc3)cc2)C1. The molecule has 2 amide bonds. The maximum absolute atomic E-state index is 13.6. The Kier molecular flexibility index (Phi) is 7.01. The fourth-order valence-electron chi connectivity index (χ4n) is 5.18. The van der Waals surface area contributed by atoms with E-state index < -0.39 is 11.6 Å². The minimum absolute atomic E-state index is 0.128. The number of aromatic nitrogens is 1. The summed E-state index contributed by atoms with van der Waals surface area (Å²) in [6.45, 7) is 1.06. The van der Waals surface area contributed by atoms with Crippen molar-refractivity contribution in [3.05, 3.63) is 90.3 Å². The molecule has 1 atom stereocenters. The summed E-state index contributed by atoms with van der Waals surface area (Å²) in [5.74, 6) is -0.355. The molecule has 1 aromatic heterocycles. The summed E-state index contributed by atoms with van der Waals surface area (Å²) < 4.78 is 0. The van der Waals surface area contributed by atoms with Crippen molar-refractivity contribution in [3.63, 3.8) is 0 Å². The monoisotopic (exact) mass is 498 g/mol. The topological polar surface area (TPSA) is 95.3 Å². The summed E-state index contributed by atoms with van der Waals surface area (Å²) in [5, 5.41) is 15.2. The maximum atomic E-state index is 13.6. The Bertz CT molecular complexity index is 1270. The fraction of sp³-hybridized carbons (Fsp3) is 0.310. The molecule has 1 N–H and O–H groups in total. The van der Waals surface area contributed by atoms with Crippen LogP contribution in [0.5, 0.6) is 0 Å². The van der Waals surface area contributed by atoms with Crippen molar-refractivity contribution in [1.29, 1.82) is 0 Å². The van der Waals surface area contributed by atoms with Gasteiger partial charge in [-0.2, -0.15) is 0 Å². The second-order valence-electron chi connectivity index (χ2n) is 9.54. The highest BCUT2D eigenvalue weighted by molar-refractivity contribution is 6.05. The lowest BCUT2D eigenvalue weighted by molar-refractivity contribution is -0.139. The minimum Gasteiger partial charge on any atom is -0.399 e. The van der Waals surface area contributed by atoms with E-state index >= 15 is 0 Å². The van der Waals surface area contributed by atoms with Gasteiger partial charge in [0, 0.05) is 37.5 Å². The molecule has 2 aliphatic rings. The Morgan fingerprint density at radius 2 is 1.73 bits per heavy atom. The zero-order valence-electron chi connectivity index (χ0n) is 20.8. The van der Waals surface area contributed by atoms with Crippen LogP contribution >= 0.6 is 0 Å². The highest BCUT2D eigenvalue weighted by Gasteiger charge is 2.43. The van der Waals surface area contributed by atoms with Gasteiger partial charge in [0.15, 0.2) is 0 Å². The normalized spacial score (nSPS) is 20.2. The van der Waals surface area contributed by atoms with E-state index in [2.05, 4.69) is 10.1 Å². The molecular formula is C29H30N4O4. The zero-order chi connectivity index (χ0) is 25.8. The summed E-state index contributed by atoms with van der Waals surface area (Å²) in [4.78, 5) is 39.6. The Hall–Kier alpha value is -4.04. The van der Waals surface area contributed by atoms with E-state index in [1.165, 1.54) is 7.11 Å². The predicted octanol–water partition coefficient (Wildman–Crippen LogP) is 3.48. The number of benzene rings is 2. The van der Waals surface area contributed by atoms with Crippen molar-refractivity contribution in [2.45, 2.75) is 30.9 Å². The van der Waals surface area contributed by atoms with E-state index in [-0.39, 0.29) is 18.4 Å². The van der Waals surface area contributed by atoms with E-state index in [0.29, 0.717) is 43.6 Å². The zero-order valence-corrected chi connectivity index (χ0v) is 20.8. The van der Waals surface area contributed by atoms with Gasteiger partial charge in [-0.05, 0) is 47.7 Å². The molecule has 0 saturated carbocycles. The molecule has 5 rings (SSSR count). The Balaban J connectivity index is 1.31. The highest BCUT2D eigenvalue weighted by atomic mass is 16.6. The number of hydrogen-bond acceptors (Lipinski definition) is 6. The molecule has 2 saturated heterocycles. The van der Waals surface area contributed by atoms with E-state index in [0.717, 1.165) is 16.7 Å². The lowest BCUT2D eigenvalue weighted by atomic mass is 9.84. The van der Waals surface area contributed by atoms with Crippen LogP contribution in [0.2, 0.25) is 0 Å². The van der Waals surface area contributed by atoms with Gasteiger partial charge in [0.1, 0.15) is 13.2 Å². The molecule has 0 spiro atoms. The number of amides is 2. The van der Waals surface area contributed by atoms with Crippen molar-refractivity contribution in [2.75, 3.05) is 26.7 Å². The Labute approximate surface area is 216 Å². The van der Waals surface area contributed by atoms with Crippen LogP contribution in [0.15, 0.2) is 84.3 Å². The number of oxime groups is 1. The Morgan fingerprint density at radius 1 is 1.00 bits per heavy atom. The molecule has 3 heterocycles. The smallest absolute Gasteiger partial charge is 0.254 e. The van der Waals surface area contributed by atoms with Crippen LogP contribution < -0.4 is 0 Å². The standard InChI is InChI=1S/C29H30N4O4/c1-37-31-25-18-26(28(35)32-16-13-29(36,14-17-32)24-7-3-2-4-8-24)33(20-25)27(34)22-11-9-21(10-12-22)23-6-5-15-30-19-23/h2-12,15,19,26,36H,13-14,16-18,20H2,1H3/t26-/m0/s1. The van der Waals surface area contributed by atoms with Gasteiger partial charge in [0.2, 0.25) is 5.91 Å². The van der Waals surface area contributed by atoms with Crippen molar-refractivity contribution < 1.29 is 19.5 Å². The third-order valence-corrected chi connectivity index (χ3v) is 7.26. The third kappa shape index (κ3) is 5.11. The van der Waals surface area contributed by atoms with Gasteiger partial charge < -0.3 is 19.7 Å². The van der Waals surface area contributed by atoms with Gasteiger partial charge in [-0.1, -0.05) is 53.7 Å². The Morgan fingerprint density at radius 3 is 2.38 bits per heavy atom. The molecule has 190 valence electrons. The van der Waals surface area contributed by atoms with Gasteiger partial charge in [-0.25, -0.2) is 0 Å². The maximum Gasteiger partial charge on any atom is 0.254 e. The number of aliphatic hydroxyl groups is 1. The number of carbonyl (C=O) groups is 2. The average Bonchev–Trinajstić information content (AvgIpc) is 3.38. The van der Waals surface area contributed by atoms with Crippen LogP contribution in [0.4, 0.5) is 0 Å². The van der Waals surface area contributed by atoms with Crippen molar-refractivity contribution in [3.8, 4) is 11.1 Å². The van der Waals surface area contributed by atoms with Crippen molar-refractivity contribution >= 4 is 17.5 Å². The van der Waals surface area contributed by atoms with E-state index in [4.69, 9.17) is 4.84 Å². The molecular weight excluding hydrogens is 468 g/mol. The predicted molar refractivity (Wildman–Crippen MR) is 140 cm³/mol. The number of rotatable bonds is 5. The molecule has 37 heavy (non-hydrogen) atoms. The van der Waals surface area contributed by atoms with E-state index in [9.17, 15) is 14.7 Å². The van der Waals surface area contributed by atoms with Crippen LogP contribution in [-0.2, 0) is 15.2 Å². The van der Waals surface area contributed by atoms with Crippen LogP contribution in [0.1, 0.15) is 35.2 Å². The summed E-state index contributed by atoms with van der Waals surface area (Å²) in [6, 6.07) is 20.1. The number of hydrogen-bond donors (Lipinski definition) is 1. The first-order valence-corrected chi connectivity index (χ1v) is 12.5. The number of piperidine rings is 1. The first-order valence-electron chi connectivity index (χ1n) is 12.5. The second kappa shape index (κ2) is 10.5. The van der Waals surface area contributed by atoms with Crippen LogP contribution in [0.3, 0.4) is 0 Å². The summed E-state index contributed by atoms with van der Waals surface area (Å²) in [5.41, 5.74) is 2.98. The lowest BCUT2D eigenvalue weighted by Crippen LogP contribution is -2.52. The molecule has 0 bridgehead atoms. The van der Waals surface area contributed by atoms with Gasteiger partial charge in [-0.3, -0.25) is 14.6 Å². The largest absolute Gasteiger partial charge is 0.399 e. The summed E-state index contributed by atoms with van der Waals surface area (Å²) >= 11 is 0. The molecule has 2 fully saturated rings. The first-order chi connectivity index (χ1) is 18.0. The molecule has 0 radical (unpaired) electrons. The molecule has 8 heteroatoms. The van der Waals surface area contributed by atoms with Crippen LogP contribution in [-0.4, -0.2) is 70.2 Å². The molecule has 2 aliphatic heterocycles. The van der Waals surface area contributed by atoms with Crippen LogP contribution in [0, 0.1) is 0 Å². The number of likely N-dealkylation sites (tertiary alicyclic amines) is 2. The lowest BCUT2D eigenvalue weighted by Gasteiger charge is -2.40. The first kappa shape index (κ1) is 24.6. The summed E-state index contributed by atoms with van der Waals surface area (Å²) in [7, 11) is 1.46. The van der Waals surface area contributed by atoms with Gasteiger partial charge in [0.25, 0.3) is 5.91 Å². The van der Waals surface area contributed by atoms with Gasteiger partial charge >= 0.3 is 0 Å². The molecule has 8 nitrogen and oxygen atoms in total. The molecule has 0 aliphatic carbocycles. The second-order valence-corrected chi connectivity index (χ2v) is 9.54. The van der Waals surface area contributed by atoms with Gasteiger partial charge in [-0.15, -0.1) is 0 Å². The number of nitrogens with zero attached hydrogens (tertiary/aromatic N) is 4. The van der Waals surface area contributed by atoms with Gasteiger partial charge in [0.05, 0.1) is 17.9 Å². The average molecular weight is 499 g/mol. The minimum atomic E-state index is -0.956. The number of pyridine rings is 1. The van der Waals surface area contributed by atoms with E-state index in [1.54, 1.807) is 34.3 Å². The molecule has 3 aromatic rings. The molecule has 0 unspecified atom stereocenters. The van der Waals surface area contributed by atoms with E-state index in [1.807, 2.05) is 54.6 Å². The summed E-state index contributed by atoms with van der Waals surface area (Å²) in [6.07, 6.45) is 4.70. The van der Waals surface area contributed by atoms with Crippen LogP contribution in [0.25, 0.3) is 11.1 Å².